The zero-order valence-electron chi connectivity index (χ0n) is 5.15. The van der Waals surface area contributed by atoms with E-state index in [1.165, 1.54) is 6.07 Å². The van der Waals surface area contributed by atoms with E-state index in [0.717, 1.165) is 0 Å². The van der Waals surface area contributed by atoms with Crippen molar-refractivity contribution in [2.45, 2.75) is 0 Å². The number of carboxylic acid groups (broad SMARTS) is 1. The summed E-state index contributed by atoms with van der Waals surface area (Å²) in [6, 6.07) is 4.93. The van der Waals surface area contributed by atoms with E-state index in [2.05, 4.69) is 4.98 Å². The quantitative estimate of drug-likeness (QED) is 0.502. The molecule has 0 unspecified atom stereocenters. The van der Waals surface area contributed by atoms with Gasteiger partial charge in [0.25, 0.3) is 6.47 Å². The molecule has 1 rings (SSSR count). The molecule has 0 radical (unpaired) electrons. The number of nitrogens with one attached hydrogen (secondary N) is 1. The fourth-order valence-corrected chi connectivity index (χ4v) is 0.377. The lowest BCUT2D eigenvalue weighted by Crippen LogP contribution is -1.98. The van der Waals surface area contributed by atoms with E-state index in [0.29, 0.717) is 0 Å². The number of aromatic nitrogens is 1. The molecule has 4 nitrogen and oxygen atoms in total. The van der Waals surface area contributed by atoms with E-state index in [4.69, 9.17) is 9.90 Å². The Bertz CT molecular complexity index is 213. The van der Waals surface area contributed by atoms with Gasteiger partial charge in [-0.05, 0) is 6.07 Å². The molecule has 0 aliphatic heterocycles. The van der Waals surface area contributed by atoms with Gasteiger partial charge in [0.05, 0.1) is 0 Å². The highest BCUT2D eigenvalue weighted by Crippen LogP contribution is 1.67. The summed E-state index contributed by atoms with van der Waals surface area (Å²) in [5.74, 6) is 0. The second-order valence-corrected chi connectivity index (χ2v) is 1.33. The summed E-state index contributed by atoms with van der Waals surface area (Å²) in [6.45, 7) is -0.250. The molecule has 0 aliphatic rings. The third-order valence-electron chi connectivity index (χ3n) is 0.681. The van der Waals surface area contributed by atoms with Crippen molar-refractivity contribution in [2.75, 3.05) is 0 Å². The highest BCUT2D eigenvalue weighted by molar-refractivity contribution is 5.32. The van der Waals surface area contributed by atoms with Crippen LogP contribution in [0, 0.1) is 0 Å². The molecule has 1 aromatic heterocycles. The van der Waals surface area contributed by atoms with Crippen LogP contribution in [0.15, 0.2) is 29.2 Å². The summed E-state index contributed by atoms with van der Waals surface area (Å²) in [7, 11) is 0. The highest BCUT2D eigenvalue weighted by Gasteiger charge is 1.69. The average molecular weight is 141 g/mol. The van der Waals surface area contributed by atoms with E-state index in [1.54, 1.807) is 18.3 Å². The molecule has 0 saturated heterocycles. The largest absolute Gasteiger partial charge is 0.483 e. The van der Waals surface area contributed by atoms with Crippen LogP contribution in [0.1, 0.15) is 0 Å². The lowest BCUT2D eigenvalue weighted by Gasteiger charge is -1.73. The fraction of sp³-hybridized carbons (Fsp3) is 0. The van der Waals surface area contributed by atoms with Crippen LogP contribution in [0.5, 0.6) is 0 Å². The molecule has 2 N–H and O–H groups in total. The van der Waals surface area contributed by atoms with Crippen molar-refractivity contribution >= 4 is 6.47 Å². The smallest absolute Gasteiger partial charge is 0.290 e. The molecule has 0 spiro atoms. The van der Waals surface area contributed by atoms with Crippen LogP contribution in [0.25, 0.3) is 0 Å². The molecule has 0 aromatic carbocycles. The van der Waals surface area contributed by atoms with E-state index >= 15 is 0 Å². The van der Waals surface area contributed by atoms with Crippen LogP contribution in [0.2, 0.25) is 0 Å². The number of pyridine rings is 1. The van der Waals surface area contributed by atoms with Crippen LogP contribution < -0.4 is 5.56 Å². The molecule has 54 valence electrons. The van der Waals surface area contributed by atoms with Crippen LogP contribution in [-0.4, -0.2) is 16.6 Å². The second-order valence-electron chi connectivity index (χ2n) is 1.33. The maximum Gasteiger partial charge on any atom is 0.290 e. The Labute approximate surface area is 57.1 Å². The van der Waals surface area contributed by atoms with E-state index in [9.17, 15) is 4.79 Å². The standard InChI is InChI=1S/C5H5NO.CH2O2/c7-5-3-1-2-4-6-5;2-1-3/h1-4H,(H,6,7);1H,(H,2,3). The average Bonchev–Trinajstić information content (AvgIpc) is 1.91. The molecule has 4 heteroatoms. The minimum atomic E-state index is -0.250. The van der Waals surface area contributed by atoms with E-state index in [1.807, 2.05) is 0 Å². The molecular weight excluding hydrogens is 134 g/mol. The molecule has 1 heterocycles. The van der Waals surface area contributed by atoms with Crippen molar-refractivity contribution in [1.29, 1.82) is 0 Å². The number of hydrogen-bond acceptors (Lipinski definition) is 2. The Morgan fingerprint density at radius 2 is 2.10 bits per heavy atom. The van der Waals surface area contributed by atoms with Crippen molar-refractivity contribution in [3.8, 4) is 0 Å². The van der Waals surface area contributed by atoms with Crippen LogP contribution in [-0.2, 0) is 4.79 Å². The van der Waals surface area contributed by atoms with Gasteiger partial charge in [-0.3, -0.25) is 9.59 Å². The molecule has 0 aliphatic carbocycles. The van der Waals surface area contributed by atoms with Gasteiger partial charge in [-0.2, -0.15) is 0 Å². The molecule has 0 fully saturated rings. The zero-order chi connectivity index (χ0) is 7.82. The third kappa shape index (κ3) is 4.58. The molecule has 0 bridgehead atoms. The van der Waals surface area contributed by atoms with Gasteiger partial charge in [-0.1, -0.05) is 6.07 Å². The van der Waals surface area contributed by atoms with Crippen LogP contribution in [0.3, 0.4) is 0 Å². The summed E-state index contributed by atoms with van der Waals surface area (Å²) < 4.78 is 0. The van der Waals surface area contributed by atoms with Gasteiger partial charge in [-0.15, -0.1) is 0 Å². The SMILES string of the molecule is O=CO.O=c1cccc[nH]1. The highest BCUT2D eigenvalue weighted by atomic mass is 16.3. The zero-order valence-corrected chi connectivity index (χ0v) is 5.15. The number of H-pyrrole nitrogens is 1. The lowest BCUT2D eigenvalue weighted by molar-refractivity contribution is -0.122. The maximum absolute atomic E-state index is 10.2. The summed E-state index contributed by atoms with van der Waals surface area (Å²) in [5.41, 5.74) is -0.0532. The first-order chi connectivity index (χ1) is 4.81. The first-order valence-corrected chi connectivity index (χ1v) is 2.53. The second kappa shape index (κ2) is 5.55. The van der Waals surface area contributed by atoms with Crippen molar-refractivity contribution in [3.63, 3.8) is 0 Å². The first kappa shape index (κ1) is 8.42. The van der Waals surface area contributed by atoms with E-state index in [-0.39, 0.29) is 12.0 Å². The molecule has 10 heavy (non-hydrogen) atoms. The monoisotopic (exact) mass is 141 g/mol. The minimum absolute atomic E-state index is 0.0532. The number of hydrogen-bond donors (Lipinski definition) is 2. The van der Waals surface area contributed by atoms with Gasteiger partial charge in [-0.25, -0.2) is 0 Å². The first-order valence-electron chi connectivity index (χ1n) is 2.53. The predicted octanol–water partition coefficient (Wildman–Crippen LogP) is 0.0757. The third-order valence-corrected chi connectivity index (χ3v) is 0.681. The molecule has 0 saturated carbocycles. The maximum atomic E-state index is 10.2. The summed E-state index contributed by atoms with van der Waals surface area (Å²) in [5, 5.41) is 6.89. The Morgan fingerprint density at radius 1 is 1.50 bits per heavy atom. The normalized spacial score (nSPS) is 7.20. The van der Waals surface area contributed by atoms with E-state index < -0.39 is 0 Å². The number of carbonyl (C=O) groups is 1. The topological polar surface area (TPSA) is 70.2 Å². The van der Waals surface area contributed by atoms with Gasteiger partial charge in [0.1, 0.15) is 0 Å². The Balaban J connectivity index is 0.000000236. The van der Waals surface area contributed by atoms with Gasteiger partial charge in [0, 0.05) is 12.3 Å². The van der Waals surface area contributed by atoms with Gasteiger partial charge in [0.2, 0.25) is 5.56 Å². The van der Waals surface area contributed by atoms with Crippen LogP contribution >= 0.6 is 0 Å². The van der Waals surface area contributed by atoms with Crippen LogP contribution in [0.4, 0.5) is 0 Å². The fourth-order valence-electron chi connectivity index (χ4n) is 0.377. The minimum Gasteiger partial charge on any atom is -0.483 e. The summed E-state index contributed by atoms with van der Waals surface area (Å²) in [6.07, 6.45) is 1.60. The van der Waals surface area contributed by atoms with Crippen molar-refractivity contribution in [1.82, 2.24) is 4.98 Å². The summed E-state index contributed by atoms with van der Waals surface area (Å²) in [4.78, 5) is 21.1. The van der Waals surface area contributed by atoms with Crippen molar-refractivity contribution in [3.05, 3.63) is 34.7 Å². The Kier molecular flexibility index (Phi) is 4.68. The van der Waals surface area contributed by atoms with Gasteiger partial charge < -0.3 is 10.1 Å². The Hall–Kier alpha value is -1.58. The molecule has 0 amide bonds. The number of aromatic amines is 1. The van der Waals surface area contributed by atoms with Crippen molar-refractivity contribution < 1.29 is 9.90 Å². The Morgan fingerprint density at radius 3 is 2.30 bits per heavy atom. The predicted molar refractivity (Wildman–Crippen MR) is 35.8 cm³/mol. The van der Waals surface area contributed by atoms with Gasteiger partial charge in [0.15, 0.2) is 0 Å². The lowest BCUT2D eigenvalue weighted by atomic mass is 10.5. The molecule has 1 aromatic rings. The van der Waals surface area contributed by atoms with Crippen molar-refractivity contribution in [2.24, 2.45) is 0 Å². The van der Waals surface area contributed by atoms with Gasteiger partial charge >= 0.3 is 0 Å². The molecule has 0 atom stereocenters. The summed E-state index contributed by atoms with van der Waals surface area (Å²) >= 11 is 0. The molecular formula is C6H7NO3. The number of rotatable bonds is 0.